The number of H-pyrrole nitrogens is 1. The lowest BCUT2D eigenvalue weighted by molar-refractivity contribution is -0.120. The molecule has 0 aliphatic rings. The summed E-state index contributed by atoms with van der Waals surface area (Å²) in [4.78, 5) is 12.2. The van der Waals surface area contributed by atoms with Gasteiger partial charge < -0.3 is 9.88 Å². The summed E-state index contributed by atoms with van der Waals surface area (Å²) in [5.74, 6) is -0.356. The van der Waals surface area contributed by atoms with E-state index in [-0.39, 0.29) is 18.1 Å². The average molecular weight is 326 g/mol. The molecule has 0 unspecified atom stereocenters. The summed E-state index contributed by atoms with van der Waals surface area (Å²) < 4.78 is 15.1. The Morgan fingerprint density at radius 3 is 2.67 bits per heavy atom. The van der Waals surface area contributed by atoms with Gasteiger partial charge in [-0.3, -0.25) is 9.89 Å². The predicted molar refractivity (Wildman–Crippen MR) is 89.9 cm³/mol. The summed E-state index contributed by atoms with van der Waals surface area (Å²) in [7, 11) is 0. The van der Waals surface area contributed by atoms with Crippen LogP contribution in [0.4, 0.5) is 4.39 Å². The zero-order chi connectivity index (χ0) is 16.9. The smallest absolute Gasteiger partial charge is 0.224 e. The van der Waals surface area contributed by atoms with Gasteiger partial charge >= 0.3 is 0 Å². The molecule has 1 amide bonds. The molecule has 0 atom stereocenters. The molecule has 3 aromatic rings. The van der Waals surface area contributed by atoms with E-state index in [9.17, 15) is 9.18 Å². The van der Waals surface area contributed by atoms with Gasteiger partial charge in [-0.1, -0.05) is 0 Å². The lowest BCUT2D eigenvalue weighted by atomic mass is 10.0. The van der Waals surface area contributed by atoms with Crippen molar-refractivity contribution in [3.63, 3.8) is 0 Å². The minimum atomic E-state index is -0.296. The number of aryl methyl sites for hydroxylation is 1. The second-order valence-electron chi connectivity index (χ2n) is 5.63. The number of carbonyl (C=O) groups is 1. The van der Waals surface area contributed by atoms with E-state index >= 15 is 0 Å². The van der Waals surface area contributed by atoms with Gasteiger partial charge in [0.25, 0.3) is 0 Å². The highest BCUT2D eigenvalue weighted by molar-refractivity contribution is 5.81. The molecule has 6 heteroatoms. The molecule has 0 bridgehead atoms. The molecule has 5 nitrogen and oxygen atoms in total. The molecule has 0 saturated carbocycles. The first-order valence-electron chi connectivity index (χ1n) is 7.80. The van der Waals surface area contributed by atoms with Crippen LogP contribution < -0.4 is 5.32 Å². The highest BCUT2D eigenvalue weighted by Crippen LogP contribution is 2.24. The zero-order valence-corrected chi connectivity index (χ0v) is 13.4. The molecular formula is C18H19FN4O. The highest BCUT2D eigenvalue weighted by atomic mass is 19.1. The van der Waals surface area contributed by atoms with Gasteiger partial charge in [-0.15, -0.1) is 0 Å². The Morgan fingerprint density at radius 2 is 1.96 bits per heavy atom. The van der Waals surface area contributed by atoms with Crippen molar-refractivity contribution in [1.82, 2.24) is 20.1 Å². The van der Waals surface area contributed by atoms with Crippen LogP contribution in [0.2, 0.25) is 0 Å². The Balaban J connectivity index is 1.65. The number of aromatic amines is 1. The molecule has 124 valence electrons. The van der Waals surface area contributed by atoms with Crippen LogP contribution in [-0.2, 0) is 17.8 Å². The van der Waals surface area contributed by atoms with Crippen molar-refractivity contribution in [2.24, 2.45) is 0 Å². The van der Waals surface area contributed by atoms with E-state index in [1.54, 1.807) is 12.1 Å². The molecule has 0 aliphatic carbocycles. The average Bonchev–Trinajstić information content (AvgIpc) is 3.20. The third-order valence-electron chi connectivity index (χ3n) is 3.89. The van der Waals surface area contributed by atoms with Crippen molar-refractivity contribution >= 4 is 5.91 Å². The summed E-state index contributed by atoms with van der Waals surface area (Å²) in [5.41, 5.74) is 3.15. The number of hydrogen-bond acceptors (Lipinski definition) is 2. The lowest BCUT2D eigenvalue weighted by Gasteiger charge is -2.07. The van der Waals surface area contributed by atoms with E-state index in [1.807, 2.05) is 36.0 Å². The number of amides is 1. The molecule has 0 aliphatic heterocycles. The van der Waals surface area contributed by atoms with Gasteiger partial charge in [-0.25, -0.2) is 4.39 Å². The summed E-state index contributed by atoms with van der Waals surface area (Å²) in [6, 6.07) is 10.0. The van der Waals surface area contributed by atoms with E-state index < -0.39 is 0 Å². The van der Waals surface area contributed by atoms with E-state index in [2.05, 4.69) is 15.5 Å². The third kappa shape index (κ3) is 3.71. The van der Waals surface area contributed by atoms with Crippen molar-refractivity contribution in [2.75, 3.05) is 6.54 Å². The van der Waals surface area contributed by atoms with Gasteiger partial charge in [0.1, 0.15) is 5.82 Å². The molecule has 24 heavy (non-hydrogen) atoms. The molecule has 0 fully saturated rings. The Kier molecular flexibility index (Phi) is 4.74. The second kappa shape index (κ2) is 7.12. The Labute approximate surface area is 139 Å². The Hall–Kier alpha value is -2.89. The third-order valence-corrected chi connectivity index (χ3v) is 3.89. The normalized spacial score (nSPS) is 10.8. The largest absolute Gasteiger partial charge is 0.354 e. The van der Waals surface area contributed by atoms with E-state index in [4.69, 9.17) is 0 Å². The van der Waals surface area contributed by atoms with Crippen LogP contribution in [0.3, 0.4) is 0 Å². The maximum absolute atomic E-state index is 13.1. The van der Waals surface area contributed by atoms with Gasteiger partial charge in [0, 0.05) is 42.3 Å². The lowest BCUT2D eigenvalue weighted by Crippen LogP contribution is -2.28. The van der Waals surface area contributed by atoms with Crippen LogP contribution in [0.5, 0.6) is 0 Å². The van der Waals surface area contributed by atoms with Crippen molar-refractivity contribution in [3.05, 3.63) is 65.9 Å². The van der Waals surface area contributed by atoms with Crippen molar-refractivity contribution < 1.29 is 9.18 Å². The van der Waals surface area contributed by atoms with Crippen molar-refractivity contribution in [3.8, 4) is 11.3 Å². The SMILES string of the molecule is Cc1[nH]nc(-c2ccc(F)cc2)c1CC(=O)NCCn1cccc1. The minimum absolute atomic E-state index is 0.0602. The van der Waals surface area contributed by atoms with Crippen LogP contribution in [-0.4, -0.2) is 27.2 Å². The number of rotatable bonds is 6. The monoisotopic (exact) mass is 326 g/mol. The van der Waals surface area contributed by atoms with E-state index in [0.717, 1.165) is 23.4 Å². The first-order chi connectivity index (χ1) is 11.6. The van der Waals surface area contributed by atoms with Gasteiger partial charge in [0.15, 0.2) is 0 Å². The predicted octanol–water partition coefficient (Wildman–Crippen LogP) is 2.68. The van der Waals surface area contributed by atoms with Crippen LogP contribution in [0.25, 0.3) is 11.3 Å². The van der Waals surface area contributed by atoms with E-state index in [0.29, 0.717) is 12.2 Å². The number of hydrogen-bond donors (Lipinski definition) is 2. The fraction of sp³-hybridized carbons (Fsp3) is 0.222. The molecule has 0 spiro atoms. The number of nitrogens with one attached hydrogen (secondary N) is 2. The van der Waals surface area contributed by atoms with Crippen LogP contribution in [0.1, 0.15) is 11.3 Å². The summed E-state index contributed by atoms with van der Waals surface area (Å²) >= 11 is 0. The number of benzene rings is 1. The topological polar surface area (TPSA) is 62.7 Å². The Bertz CT molecular complexity index is 806. The minimum Gasteiger partial charge on any atom is -0.354 e. The maximum Gasteiger partial charge on any atom is 0.224 e. The summed E-state index contributed by atoms with van der Waals surface area (Å²) in [6.07, 6.45) is 4.15. The summed E-state index contributed by atoms with van der Waals surface area (Å²) in [5, 5.41) is 10.1. The van der Waals surface area contributed by atoms with Gasteiger partial charge in [-0.05, 0) is 43.3 Å². The highest BCUT2D eigenvalue weighted by Gasteiger charge is 2.15. The standard InChI is InChI=1S/C18H19FN4O/c1-13-16(12-17(24)20-8-11-23-9-2-3-10-23)18(22-21-13)14-4-6-15(19)7-5-14/h2-7,9-10H,8,11-12H2,1H3,(H,20,24)(H,21,22). The summed E-state index contributed by atoms with van der Waals surface area (Å²) in [6.45, 7) is 3.17. The molecule has 0 radical (unpaired) electrons. The quantitative estimate of drug-likeness (QED) is 0.731. The number of nitrogens with zero attached hydrogens (tertiary/aromatic N) is 2. The molecule has 2 heterocycles. The van der Waals surface area contributed by atoms with Gasteiger partial charge in [0.05, 0.1) is 12.1 Å². The molecule has 1 aromatic carbocycles. The molecular weight excluding hydrogens is 307 g/mol. The van der Waals surface area contributed by atoms with Crippen molar-refractivity contribution in [2.45, 2.75) is 19.9 Å². The maximum atomic E-state index is 13.1. The first-order valence-corrected chi connectivity index (χ1v) is 7.80. The molecule has 2 aromatic heterocycles. The molecule has 0 saturated heterocycles. The van der Waals surface area contributed by atoms with E-state index in [1.165, 1.54) is 12.1 Å². The fourth-order valence-electron chi connectivity index (χ4n) is 2.58. The molecule has 3 rings (SSSR count). The van der Waals surface area contributed by atoms with Crippen LogP contribution in [0, 0.1) is 12.7 Å². The number of aromatic nitrogens is 3. The molecule has 2 N–H and O–H groups in total. The Morgan fingerprint density at radius 1 is 1.25 bits per heavy atom. The second-order valence-corrected chi connectivity index (χ2v) is 5.63. The van der Waals surface area contributed by atoms with Crippen LogP contribution in [0.15, 0.2) is 48.8 Å². The van der Waals surface area contributed by atoms with Gasteiger partial charge in [-0.2, -0.15) is 5.10 Å². The number of carbonyl (C=O) groups excluding carboxylic acids is 1. The number of halogens is 1. The first kappa shape index (κ1) is 16.0. The fourth-order valence-corrected chi connectivity index (χ4v) is 2.58. The van der Waals surface area contributed by atoms with Crippen molar-refractivity contribution in [1.29, 1.82) is 0 Å². The zero-order valence-electron chi connectivity index (χ0n) is 13.4. The van der Waals surface area contributed by atoms with Crippen LogP contribution >= 0.6 is 0 Å². The van der Waals surface area contributed by atoms with Gasteiger partial charge in [0.2, 0.25) is 5.91 Å².